The first-order chi connectivity index (χ1) is 13.9. The van der Waals surface area contributed by atoms with Crippen LogP contribution in [0, 0.1) is 13.8 Å². The summed E-state index contributed by atoms with van der Waals surface area (Å²) >= 11 is 1.19. The highest BCUT2D eigenvalue weighted by Gasteiger charge is 2.29. The van der Waals surface area contributed by atoms with Crippen molar-refractivity contribution in [3.8, 4) is 5.69 Å². The number of tetrazole rings is 1. The standard InChI is InChI=1S/C20H27N5O3S/c1-13-8-9-14(2)17(10-13)25-20(21-22-23-25)29-12-19(27)28-11-18(26)24-15(3)6-5-7-16(24)4/h8-10,15-16H,5-7,11-12H2,1-4H3/t15-,16+. The molecule has 0 spiro atoms. The smallest absolute Gasteiger partial charge is 0.316 e. The summed E-state index contributed by atoms with van der Waals surface area (Å²) < 4.78 is 6.83. The molecular formula is C20H27N5O3S. The van der Waals surface area contributed by atoms with E-state index in [0.29, 0.717) is 5.16 Å². The lowest BCUT2D eigenvalue weighted by Crippen LogP contribution is -2.49. The van der Waals surface area contributed by atoms with Gasteiger partial charge in [-0.3, -0.25) is 9.59 Å². The summed E-state index contributed by atoms with van der Waals surface area (Å²) in [5.41, 5.74) is 2.99. The average Bonchev–Trinajstić information content (AvgIpc) is 3.15. The predicted octanol–water partition coefficient (Wildman–Crippen LogP) is 2.70. The molecule has 1 aliphatic heterocycles. The van der Waals surface area contributed by atoms with E-state index < -0.39 is 5.97 Å². The Labute approximate surface area is 175 Å². The second kappa shape index (κ2) is 9.39. The first kappa shape index (κ1) is 21.3. The molecule has 2 heterocycles. The van der Waals surface area contributed by atoms with Crippen molar-refractivity contribution in [2.45, 2.75) is 64.2 Å². The van der Waals surface area contributed by atoms with Gasteiger partial charge in [0.2, 0.25) is 5.16 Å². The summed E-state index contributed by atoms with van der Waals surface area (Å²) in [6.45, 7) is 7.83. The maximum atomic E-state index is 12.5. The molecule has 1 amide bonds. The van der Waals surface area contributed by atoms with E-state index >= 15 is 0 Å². The number of hydrogen-bond donors (Lipinski definition) is 0. The Balaban J connectivity index is 1.55. The average molecular weight is 418 g/mol. The van der Waals surface area contributed by atoms with Crippen LogP contribution in [0.3, 0.4) is 0 Å². The van der Waals surface area contributed by atoms with E-state index in [1.54, 1.807) is 4.68 Å². The van der Waals surface area contributed by atoms with E-state index in [4.69, 9.17) is 4.74 Å². The lowest BCUT2D eigenvalue weighted by Gasteiger charge is -2.38. The first-order valence-corrected chi connectivity index (χ1v) is 10.8. The lowest BCUT2D eigenvalue weighted by molar-refractivity contribution is -0.153. The highest BCUT2D eigenvalue weighted by atomic mass is 32.2. The molecule has 8 nitrogen and oxygen atoms in total. The molecule has 0 unspecified atom stereocenters. The normalized spacial score (nSPS) is 19.2. The van der Waals surface area contributed by atoms with Crippen molar-refractivity contribution in [1.82, 2.24) is 25.1 Å². The van der Waals surface area contributed by atoms with Crippen molar-refractivity contribution in [2.75, 3.05) is 12.4 Å². The van der Waals surface area contributed by atoms with Crippen LogP contribution in [0.5, 0.6) is 0 Å². The van der Waals surface area contributed by atoms with Crippen molar-refractivity contribution in [2.24, 2.45) is 0 Å². The zero-order chi connectivity index (χ0) is 21.0. The maximum Gasteiger partial charge on any atom is 0.316 e. The Hall–Kier alpha value is -2.42. The van der Waals surface area contributed by atoms with Crippen LogP contribution < -0.4 is 0 Å². The van der Waals surface area contributed by atoms with Crippen LogP contribution in [0.1, 0.15) is 44.2 Å². The molecule has 3 rings (SSSR count). The first-order valence-electron chi connectivity index (χ1n) is 9.82. The second-order valence-electron chi connectivity index (χ2n) is 7.54. The van der Waals surface area contributed by atoms with Gasteiger partial charge in [0.1, 0.15) is 0 Å². The van der Waals surface area contributed by atoms with E-state index in [9.17, 15) is 9.59 Å². The van der Waals surface area contributed by atoms with Crippen molar-refractivity contribution in [3.63, 3.8) is 0 Å². The van der Waals surface area contributed by atoms with Crippen LogP contribution in [0.15, 0.2) is 23.4 Å². The number of carbonyl (C=O) groups is 2. The Bertz CT molecular complexity index is 875. The number of nitrogens with zero attached hydrogens (tertiary/aromatic N) is 5. The number of amides is 1. The minimum absolute atomic E-state index is 0.0314. The molecule has 1 fully saturated rings. The molecule has 1 saturated heterocycles. The Morgan fingerprint density at radius 2 is 1.93 bits per heavy atom. The van der Waals surface area contributed by atoms with Crippen LogP contribution in [-0.2, 0) is 14.3 Å². The summed E-state index contributed by atoms with van der Waals surface area (Å²) in [6, 6.07) is 6.38. The van der Waals surface area contributed by atoms with Gasteiger partial charge >= 0.3 is 5.97 Å². The molecule has 2 aromatic rings. The van der Waals surface area contributed by atoms with Crippen molar-refractivity contribution >= 4 is 23.6 Å². The van der Waals surface area contributed by atoms with Gasteiger partial charge in [0.25, 0.3) is 5.91 Å². The van der Waals surface area contributed by atoms with Crippen molar-refractivity contribution in [3.05, 3.63) is 29.3 Å². The zero-order valence-electron chi connectivity index (χ0n) is 17.3. The van der Waals surface area contributed by atoms with Crippen LogP contribution in [0.4, 0.5) is 0 Å². The monoisotopic (exact) mass is 417 g/mol. The quantitative estimate of drug-likeness (QED) is 0.527. The number of ether oxygens (including phenoxy) is 1. The molecule has 156 valence electrons. The molecule has 1 aromatic carbocycles. The van der Waals surface area contributed by atoms with Crippen LogP contribution >= 0.6 is 11.8 Å². The predicted molar refractivity (Wildman–Crippen MR) is 110 cm³/mol. The SMILES string of the molecule is Cc1ccc(C)c(-n2nnnc2SCC(=O)OCC(=O)N2[C@H](C)CCC[C@@H]2C)c1. The van der Waals surface area contributed by atoms with Gasteiger partial charge in [0.05, 0.1) is 11.4 Å². The number of benzene rings is 1. The Morgan fingerprint density at radius 1 is 1.21 bits per heavy atom. The number of esters is 1. The van der Waals surface area contributed by atoms with E-state index in [1.165, 1.54) is 11.8 Å². The second-order valence-corrected chi connectivity index (χ2v) is 8.49. The molecule has 0 aliphatic carbocycles. The van der Waals surface area contributed by atoms with Crippen LogP contribution in [-0.4, -0.2) is 61.4 Å². The minimum atomic E-state index is -0.462. The molecule has 1 aromatic heterocycles. The molecule has 1 aliphatic rings. The van der Waals surface area contributed by atoms with Gasteiger partial charge in [0, 0.05) is 12.1 Å². The maximum absolute atomic E-state index is 12.5. The molecular weight excluding hydrogens is 390 g/mol. The lowest BCUT2D eigenvalue weighted by atomic mass is 9.97. The fourth-order valence-corrected chi connectivity index (χ4v) is 4.34. The van der Waals surface area contributed by atoms with Crippen molar-refractivity contribution in [1.29, 1.82) is 0 Å². The summed E-state index contributed by atoms with van der Waals surface area (Å²) in [7, 11) is 0. The number of rotatable bonds is 6. The molecule has 9 heteroatoms. The van der Waals surface area contributed by atoms with Gasteiger partial charge in [-0.1, -0.05) is 23.9 Å². The van der Waals surface area contributed by atoms with Gasteiger partial charge in [-0.25, -0.2) is 0 Å². The van der Waals surface area contributed by atoms with E-state index in [1.807, 2.05) is 50.8 Å². The Morgan fingerprint density at radius 3 is 2.66 bits per heavy atom. The number of hydrogen-bond acceptors (Lipinski definition) is 7. The number of piperidine rings is 1. The molecule has 0 bridgehead atoms. The Kier molecular flexibility index (Phi) is 6.89. The van der Waals surface area contributed by atoms with Crippen LogP contribution in [0.2, 0.25) is 0 Å². The van der Waals surface area contributed by atoms with E-state index in [0.717, 1.165) is 36.1 Å². The number of aryl methyl sites for hydroxylation is 2. The van der Waals surface area contributed by atoms with Gasteiger partial charge in [-0.15, -0.1) is 5.10 Å². The van der Waals surface area contributed by atoms with Gasteiger partial charge in [-0.2, -0.15) is 4.68 Å². The fraction of sp³-hybridized carbons (Fsp3) is 0.550. The van der Waals surface area contributed by atoms with Gasteiger partial charge < -0.3 is 9.64 Å². The zero-order valence-corrected chi connectivity index (χ0v) is 18.1. The van der Waals surface area contributed by atoms with E-state index in [-0.39, 0.29) is 30.4 Å². The molecule has 2 atom stereocenters. The molecule has 0 radical (unpaired) electrons. The number of carbonyl (C=O) groups excluding carboxylic acids is 2. The number of aromatic nitrogens is 4. The van der Waals surface area contributed by atoms with Crippen LogP contribution in [0.25, 0.3) is 5.69 Å². The molecule has 29 heavy (non-hydrogen) atoms. The third-order valence-corrected chi connectivity index (χ3v) is 6.08. The third kappa shape index (κ3) is 5.14. The fourth-order valence-electron chi connectivity index (χ4n) is 3.66. The topological polar surface area (TPSA) is 90.2 Å². The third-order valence-electron chi connectivity index (χ3n) is 5.19. The summed E-state index contributed by atoms with van der Waals surface area (Å²) in [6.07, 6.45) is 3.10. The number of thioether (sulfide) groups is 1. The van der Waals surface area contributed by atoms with Crippen molar-refractivity contribution < 1.29 is 14.3 Å². The summed E-state index contributed by atoms with van der Waals surface area (Å²) in [4.78, 5) is 26.5. The molecule has 0 saturated carbocycles. The van der Waals surface area contributed by atoms with Gasteiger partial charge in [-0.05, 0) is 74.6 Å². The largest absolute Gasteiger partial charge is 0.455 e. The highest BCUT2D eigenvalue weighted by molar-refractivity contribution is 7.99. The van der Waals surface area contributed by atoms with Gasteiger partial charge in [0.15, 0.2) is 6.61 Å². The van der Waals surface area contributed by atoms with E-state index in [2.05, 4.69) is 15.5 Å². The molecule has 0 N–H and O–H groups in total. The summed E-state index contributed by atoms with van der Waals surface area (Å²) in [5.74, 6) is -0.566. The highest BCUT2D eigenvalue weighted by Crippen LogP contribution is 2.23. The summed E-state index contributed by atoms with van der Waals surface area (Å²) in [5, 5.41) is 12.3. The number of likely N-dealkylation sites (tertiary alicyclic amines) is 1. The minimum Gasteiger partial charge on any atom is -0.455 e.